The molecule has 6 heteroatoms. The first-order valence-electron chi connectivity index (χ1n) is 7.57. The number of rotatable bonds is 9. The van der Waals surface area contributed by atoms with Crippen LogP contribution in [0.3, 0.4) is 0 Å². The highest BCUT2D eigenvalue weighted by Gasteiger charge is 2.16. The van der Waals surface area contributed by atoms with Crippen LogP contribution in [0.2, 0.25) is 0 Å². The van der Waals surface area contributed by atoms with Gasteiger partial charge in [-0.3, -0.25) is 9.59 Å². The number of H-pyrrole nitrogens is 1. The van der Waals surface area contributed by atoms with Crippen LogP contribution >= 0.6 is 0 Å². The van der Waals surface area contributed by atoms with Crippen LogP contribution in [0.25, 0.3) is 0 Å². The lowest BCUT2D eigenvalue weighted by molar-refractivity contribution is 0.0918. The summed E-state index contributed by atoms with van der Waals surface area (Å²) in [5.74, 6) is -0.413. The lowest BCUT2D eigenvalue weighted by Crippen LogP contribution is -2.29. The van der Waals surface area contributed by atoms with Crippen molar-refractivity contribution in [2.75, 3.05) is 19.8 Å². The molecule has 2 N–H and O–H groups in total. The van der Waals surface area contributed by atoms with Crippen LogP contribution in [0.4, 0.5) is 0 Å². The number of carbonyl (C=O) groups excluding carboxylic acids is 1. The van der Waals surface area contributed by atoms with E-state index in [1.54, 1.807) is 6.08 Å². The maximum absolute atomic E-state index is 12.2. The van der Waals surface area contributed by atoms with Crippen LogP contribution in [0, 0.1) is 0 Å². The standard InChI is InChI=1S/C18H20N2O4/c1-2-11-23-12-10-20-18(22)16-17(15(21)8-9-19-16)24-13-14-6-4-3-5-7-14/h2-9H,1,10-13H2,(H,19,21)(H,20,22). The molecule has 0 aliphatic rings. The van der Waals surface area contributed by atoms with Crippen molar-refractivity contribution in [1.29, 1.82) is 0 Å². The Kier molecular flexibility index (Phi) is 6.79. The molecule has 1 amide bonds. The molecule has 0 aliphatic heterocycles. The van der Waals surface area contributed by atoms with Gasteiger partial charge in [0.1, 0.15) is 6.61 Å². The predicted molar refractivity (Wildman–Crippen MR) is 91.2 cm³/mol. The number of pyridine rings is 1. The summed E-state index contributed by atoms with van der Waals surface area (Å²) in [5.41, 5.74) is 0.657. The molecule has 0 radical (unpaired) electrons. The van der Waals surface area contributed by atoms with E-state index in [0.29, 0.717) is 19.8 Å². The molecule has 0 atom stereocenters. The average molecular weight is 328 g/mol. The Balaban J connectivity index is 2.01. The largest absolute Gasteiger partial charge is 0.483 e. The maximum atomic E-state index is 12.2. The number of nitrogens with one attached hydrogen (secondary N) is 2. The number of hydrogen-bond donors (Lipinski definition) is 2. The van der Waals surface area contributed by atoms with Crippen LogP contribution in [0.5, 0.6) is 5.75 Å². The SMILES string of the molecule is C=CCOCCNC(=O)c1[nH]ccc(=O)c1OCc1ccccc1. The van der Waals surface area contributed by atoms with Gasteiger partial charge in [-0.05, 0) is 5.56 Å². The molecule has 24 heavy (non-hydrogen) atoms. The molecule has 126 valence electrons. The van der Waals surface area contributed by atoms with Crippen molar-refractivity contribution in [2.24, 2.45) is 0 Å². The molecule has 1 aromatic carbocycles. The Morgan fingerprint density at radius 3 is 2.79 bits per heavy atom. The number of aromatic amines is 1. The minimum atomic E-state index is -0.419. The highest BCUT2D eigenvalue weighted by Crippen LogP contribution is 2.12. The van der Waals surface area contributed by atoms with E-state index in [1.807, 2.05) is 30.3 Å². The van der Waals surface area contributed by atoms with E-state index in [-0.39, 0.29) is 23.5 Å². The molecule has 0 saturated heterocycles. The Labute approximate surface area is 140 Å². The van der Waals surface area contributed by atoms with Gasteiger partial charge >= 0.3 is 0 Å². The zero-order valence-electron chi connectivity index (χ0n) is 13.3. The fourth-order valence-corrected chi connectivity index (χ4v) is 2.00. The molecule has 0 fully saturated rings. The first-order chi connectivity index (χ1) is 11.7. The molecule has 1 heterocycles. The van der Waals surface area contributed by atoms with Gasteiger partial charge < -0.3 is 19.8 Å². The van der Waals surface area contributed by atoms with Gasteiger partial charge in [-0.2, -0.15) is 0 Å². The lowest BCUT2D eigenvalue weighted by atomic mass is 10.2. The summed E-state index contributed by atoms with van der Waals surface area (Å²) in [7, 11) is 0. The monoisotopic (exact) mass is 328 g/mol. The first kappa shape index (κ1) is 17.5. The van der Waals surface area contributed by atoms with Gasteiger partial charge in [-0.25, -0.2) is 0 Å². The molecule has 0 bridgehead atoms. The van der Waals surface area contributed by atoms with Gasteiger partial charge in [0.05, 0.1) is 13.2 Å². The molecular formula is C18H20N2O4. The summed E-state index contributed by atoms with van der Waals surface area (Å²) in [6.45, 7) is 4.84. The van der Waals surface area contributed by atoms with Crippen molar-refractivity contribution >= 4 is 5.91 Å². The minimum Gasteiger partial charge on any atom is -0.483 e. The highest BCUT2D eigenvalue weighted by molar-refractivity contribution is 5.94. The summed E-state index contributed by atoms with van der Waals surface area (Å²) in [6, 6.07) is 10.7. The van der Waals surface area contributed by atoms with Crippen LogP contribution in [-0.2, 0) is 11.3 Å². The molecule has 0 spiro atoms. The van der Waals surface area contributed by atoms with Crippen LogP contribution in [-0.4, -0.2) is 30.6 Å². The maximum Gasteiger partial charge on any atom is 0.271 e. The second kappa shape index (κ2) is 9.32. The summed E-state index contributed by atoms with van der Waals surface area (Å²) in [6.07, 6.45) is 3.05. The smallest absolute Gasteiger partial charge is 0.271 e. The molecule has 2 aromatic rings. The Morgan fingerprint density at radius 2 is 2.04 bits per heavy atom. The van der Waals surface area contributed by atoms with Gasteiger partial charge in [0.2, 0.25) is 5.43 Å². The summed E-state index contributed by atoms with van der Waals surface area (Å²) in [5, 5.41) is 2.68. The van der Waals surface area contributed by atoms with Crippen LogP contribution < -0.4 is 15.5 Å². The third-order valence-corrected chi connectivity index (χ3v) is 3.13. The summed E-state index contributed by atoms with van der Waals surface area (Å²) < 4.78 is 10.8. The second-order valence-corrected chi connectivity index (χ2v) is 4.94. The van der Waals surface area contributed by atoms with E-state index in [1.165, 1.54) is 12.3 Å². The zero-order valence-corrected chi connectivity index (χ0v) is 13.3. The number of ether oxygens (including phenoxy) is 2. The van der Waals surface area contributed by atoms with Gasteiger partial charge in [-0.1, -0.05) is 36.4 Å². The fourth-order valence-electron chi connectivity index (χ4n) is 2.00. The van der Waals surface area contributed by atoms with Crippen LogP contribution in [0.15, 0.2) is 60.0 Å². The highest BCUT2D eigenvalue weighted by atomic mass is 16.5. The summed E-state index contributed by atoms with van der Waals surface area (Å²) >= 11 is 0. The zero-order chi connectivity index (χ0) is 17.2. The molecule has 2 rings (SSSR count). The number of amides is 1. The number of hydrogen-bond acceptors (Lipinski definition) is 4. The first-order valence-corrected chi connectivity index (χ1v) is 7.57. The summed E-state index contributed by atoms with van der Waals surface area (Å²) in [4.78, 5) is 27.0. The van der Waals surface area contributed by atoms with Crippen molar-refractivity contribution < 1.29 is 14.3 Å². The lowest BCUT2D eigenvalue weighted by Gasteiger charge is -2.11. The number of carbonyl (C=O) groups is 1. The van der Waals surface area contributed by atoms with E-state index >= 15 is 0 Å². The molecule has 0 saturated carbocycles. The quantitative estimate of drug-likeness (QED) is 0.544. The Bertz CT molecular complexity index is 725. The van der Waals surface area contributed by atoms with Crippen molar-refractivity contribution in [3.05, 3.63) is 76.7 Å². The minimum absolute atomic E-state index is 0.00543. The molecule has 6 nitrogen and oxygen atoms in total. The number of benzene rings is 1. The van der Waals surface area contributed by atoms with E-state index in [2.05, 4.69) is 16.9 Å². The van der Waals surface area contributed by atoms with Crippen molar-refractivity contribution in [3.8, 4) is 5.75 Å². The Morgan fingerprint density at radius 1 is 1.25 bits per heavy atom. The topological polar surface area (TPSA) is 80.4 Å². The third-order valence-electron chi connectivity index (χ3n) is 3.13. The molecule has 1 aromatic heterocycles. The Hall–Kier alpha value is -2.86. The normalized spacial score (nSPS) is 10.2. The van der Waals surface area contributed by atoms with Gasteiger partial charge in [0.25, 0.3) is 5.91 Å². The number of aromatic nitrogens is 1. The average Bonchev–Trinajstić information content (AvgIpc) is 2.61. The van der Waals surface area contributed by atoms with Gasteiger partial charge in [0.15, 0.2) is 11.4 Å². The van der Waals surface area contributed by atoms with E-state index < -0.39 is 5.91 Å². The van der Waals surface area contributed by atoms with E-state index in [9.17, 15) is 9.59 Å². The van der Waals surface area contributed by atoms with Gasteiger partial charge in [0, 0.05) is 18.8 Å². The van der Waals surface area contributed by atoms with E-state index in [4.69, 9.17) is 9.47 Å². The van der Waals surface area contributed by atoms with Crippen LogP contribution in [0.1, 0.15) is 16.1 Å². The molecule has 0 unspecified atom stereocenters. The van der Waals surface area contributed by atoms with Crippen molar-refractivity contribution in [2.45, 2.75) is 6.61 Å². The third kappa shape index (κ3) is 5.10. The molecule has 0 aliphatic carbocycles. The van der Waals surface area contributed by atoms with Crippen molar-refractivity contribution in [3.63, 3.8) is 0 Å². The second-order valence-electron chi connectivity index (χ2n) is 4.94. The predicted octanol–water partition coefficient (Wildman–Crippen LogP) is 1.89. The van der Waals surface area contributed by atoms with E-state index in [0.717, 1.165) is 5.56 Å². The fraction of sp³-hybridized carbons (Fsp3) is 0.222. The molecular weight excluding hydrogens is 308 g/mol. The van der Waals surface area contributed by atoms with Crippen molar-refractivity contribution in [1.82, 2.24) is 10.3 Å². The van der Waals surface area contributed by atoms with Gasteiger partial charge in [-0.15, -0.1) is 6.58 Å².